The van der Waals surface area contributed by atoms with E-state index < -0.39 is 6.10 Å². The summed E-state index contributed by atoms with van der Waals surface area (Å²) in [5, 5.41) is 11.6. The van der Waals surface area contributed by atoms with Gasteiger partial charge < -0.3 is 14.7 Å². The molecule has 2 aliphatic heterocycles. The number of allylic oxidation sites excluding steroid dienone is 1. The van der Waals surface area contributed by atoms with E-state index in [1.165, 1.54) is 16.8 Å². The Balaban J connectivity index is 1.30. The Hall–Kier alpha value is -1.85. The van der Waals surface area contributed by atoms with Gasteiger partial charge in [-0.25, -0.2) is 0 Å². The predicted octanol–water partition coefficient (Wildman–Crippen LogP) is 3.79. The molecule has 1 aromatic carbocycles. The molecular formula is C27H38N2O3. The van der Waals surface area contributed by atoms with Crippen molar-refractivity contribution in [2.45, 2.75) is 65.2 Å². The highest BCUT2D eigenvalue weighted by Gasteiger charge is 2.59. The van der Waals surface area contributed by atoms with Crippen molar-refractivity contribution in [1.82, 2.24) is 4.90 Å². The third-order valence-corrected chi connectivity index (χ3v) is 9.07. The summed E-state index contributed by atoms with van der Waals surface area (Å²) in [5.74, 6) is -0.0217. The first-order valence-corrected chi connectivity index (χ1v) is 12.4. The van der Waals surface area contributed by atoms with E-state index >= 15 is 0 Å². The molecule has 0 amide bonds. The Morgan fingerprint density at radius 3 is 2.81 bits per heavy atom. The molecule has 32 heavy (non-hydrogen) atoms. The molecule has 2 heterocycles. The fourth-order valence-corrected chi connectivity index (χ4v) is 6.94. The first kappa shape index (κ1) is 22.0. The molecule has 5 rings (SSSR count). The van der Waals surface area contributed by atoms with Gasteiger partial charge in [-0.1, -0.05) is 37.6 Å². The predicted molar refractivity (Wildman–Crippen MR) is 126 cm³/mol. The van der Waals surface area contributed by atoms with Crippen molar-refractivity contribution in [1.29, 1.82) is 0 Å². The molecule has 174 valence electrons. The van der Waals surface area contributed by atoms with Gasteiger partial charge in [-0.05, 0) is 50.3 Å². The molecule has 4 unspecified atom stereocenters. The van der Waals surface area contributed by atoms with Gasteiger partial charge in [-0.3, -0.25) is 9.69 Å². The minimum Gasteiger partial charge on any atom is -0.461 e. The summed E-state index contributed by atoms with van der Waals surface area (Å²) >= 11 is 0. The van der Waals surface area contributed by atoms with Gasteiger partial charge in [0.05, 0.1) is 12.0 Å². The van der Waals surface area contributed by atoms with Crippen LogP contribution >= 0.6 is 0 Å². The summed E-state index contributed by atoms with van der Waals surface area (Å²) in [6.07, 6.45) is 4.57. The number of carbonyl (C=O) groups excluding carboxylic acids is 1. The number of anilines is 1. The molecule has 0 radical (unpaired) electrons. The Morgan fingerprint density at radius 2 is 2.06 bits per heavy atom. The van der Waals surface area contributed by atoms with E-state index in [0.29, 0.717) is 18.5 Å². The number of esters is 1. The van der Waals surface area contributed by atoms with Crippen LogP contribution in [0, 0.1) is 30.1 Å². The van der Waals surface area contributed by atoms with E-state index in [1.807, 2.05) is 0 Å². The van der Waals surface area contributed by atoms with Crippen LogP contribution < -0.4 is 4.90 Å². The average molecular weight is 439 g/mol. The van der Waals surface area contributed by atoms with E-state index in [4.69, 9.17) is 4.74 Å². The van der Waals surface area contributed by atoms with Crippen LogP contribution in [0.15, 0.2) is 35.9 Å². The lowest BCUT2D eigenvalue weighted by atomic mass is 9.55. The number of aryl methyl sites for hydroxylation is 1. The number of ether oxygens (including phenoxy) is 1. The quantitative estimate of drug-likeness (QED) is 0.575. The van der Waals surface area contributed by atoms with Crippen LogP contribution in [0.2, 0.25) is 0 Å². The Labute approximate surface area is 192 Å². The fourth-order valence-electron chi connectivity index (χ4n) is 6.94. The summed E-state index contributed by atoms with van der Waals surface area (Å²) in [6.45, 7) is 12.4. The first-order valence-electron chi connectivity index (χ1n) is 12.4. The zero-order chi connectivity index (χ0) is 22.6. The summed E-state index contributed by atoms with van der Waals surface area (Å²) in [4.78, 5) is 17.8. The minimum atomic E-state index is -0.523. The lowest BCUT2D eigenvalue weighted by Crippen LogP contribution is -2.56. The molecule has 1 saturated carbocycles. The van der Waals surface area contributed by atoms with Crippen molar-refractivity contribution in [2.24, 2.45) is 23.2 Å². The SMILES string of the molecule is Cc1cccc(N2CCN(CC3C(=O)O[C@@H]4CC5=CCCC(C)[C@@]5(C)C(O)[C@H]34)CC2C)c1. The van der Waals surface area contributed by atoms with Crippen LogP contribution in [-0.4, -0.2) is 60.4 Å². The third kappa shape index (κ3) is 3.49. The fraction of sp³-hybridized carbons (Fsp3) is 0.667. The molecule has 2 aliphatic carbocycles. The molecule has 1 aromatic rings. The first-order chi connectivity index (χ1) is 15.3. The zero-order valence-electron chi connectivity index (χ0n) is 20.0. The van der Waals surface area contributed by atoms with Crippen molar-refractivity contribution < 1.29 is 14.6 Å². The van der Waals surface area contributed by atoms with Crippen LogP contribution in [0.3, 0.4) is 0 Å². The molecule has 5 nitrogen and oxygen atoms in total. The van der Waals surface area contributed by atoms with Crippen molar-refractivity contribution in [3.05, 3.63) is 41.5 Å². The molecule has 3 fully saturated rings. The van der Waals surface area contributed by atoms with Gasteiger partial charge in [0.2, 0.25) is 0 Å². The number of fused-ring (bicyclic) bond motifs is 2. The van der Waals surface area contributed by atoms with Crippen LogP contribution in [0.25, 0.3) is 0 Å². The van der Waals surface area contributed by atoms with Gasteiger partial charge in [0.15, 0.2) is 0 Å². The zero-order valence-corrected chi connectivity index (χ0v) is 20.0. The van der Waals surface area contributed by atoms with Crippen LogP contribution in [0.5, 0.6) is 0 Å². The number of nitrogens with zero attached hydrogens (tertiary/aromatic N) is 2. The minimum absolute atomic E-state index is 0.102. The number of hydrogen-bond donors (Lipinski definition) is 1. The van der Waals surface area contributed by atoms with Gasteiger partial charge in [-0.15, -0.1) is 0 Å². The third-order valence-electron chi connectivity index (χ3n) is 9.07. The highest BCUT2D eigenvalue weighted by Crippen LogP contribution is 2.56. The topological polar surface area (TPSA) is 53.0 Å². The van der Waals surface area contributed by atoms with E-state index in [0.717, 1.165) is 38.9 Å². The van der Waals surface area contributed by atoms with Crippen LogP contribution in [-0.2, 0) is 9.53 Å². The number of carbonyl (C=O) groups is 1. The lowest BCUT2D eigenvalue weighted by molar-refractivity contribution is -0.145. The normalized spacial score (nSPS) is 39.8. The molecule has 2 saturated heterocycles. The van der Waals surface area contributed by atoms with E-state index in [1.54, 1.807) is 0 Å². The van der Waals surface area contributed by atoms with Gasteiger partial charge in [0, 0.05) is 55.7 Å². The maximum absolute atomic E-state index is 13.0. The molecule has 1 N–H and O–H groups in total. The largest absolute Gasteiger partial charge is 0.461 e. The van der Waals surface area contributed by atoms with Crippen LogP contribution in [0.1, 0.15) is 45.6 Å². The molecule has 0 spiro atoms. The highest BCUT2D eigenvalue weighted by atomic mass is 16.6. The average Bonchev–Trinajstić information content (AvgIpc) is 3.05. The Bertz CT molecular complexity index is 914. The molecule has 0 aromatic heterocycles. The van der Waals surface area contributed by atoms with Crippen molar-refractivity contribution in [2.75, 3.05) is 31.1 Å². The van der Waals surface area contributed by atoms with Crippen molar-refractivity contribution >= 4 is 11.7 Å². The second-order valence-corrected chi connectivity index (χ2v) is 10.9. The highest BCUT2D eigenvalue weighted by molar-refractivity contribution is 5.76. The Morgan fingerprint density at radius 1 is 1.25 bits per heavy atom. The maximum atomic E-state index is 13.0. The van der Waals surface area contributed by atoms with Crippen LogP contribution in [0.4, 0.5) is 5.69 Å². The Kier molecular flexibility index (Phi) is 5.61. The number of aliphatic hydroxyl groups excluding tert-OH is 1. The van der Waals surface area contributed by atoms with Gasteiger partial charge in [0.1, 0.15) is 6.10 Å². The second kappa shape index (κ2) is 8.18. The maximum Gasteiger partial charge on any atom is 0.311 e. The summed E-state index contributed by atoms with van der Waals surface area (Å²) in [5.41, 5.74) is 3.63. The van der Waals surface area contributed by atoms with Crippen molar-refractivity contribution in [3.8, 4) is 0 Å². The van der Waals surface area contributed by atoms with E-state index in [9.17, 15) is 9.90 Å². The molecule has 5 heteroatoms. The second-order valence-electron chi connectivity index (χ2n) is 10.9. The van der Waals surface area contributed by atoms with Gasteiger partial charge >= 0.3 is 5.97 Å². The smallest absolute Gasteiger partial charge is 0.311 e. The van der Waals surface area contributed by atoms with Crippen molar-refractivity contribution in [3.63, 3.8) is 0 Å². The molecular weight excluding hydrogens is 400 g/mol. The standard InChI is InChI=1S/C27H38N2O3/c1-17-7-5-10-21(13-17)29-12-11-28(15-19(29)3)16-22-24-23(32-26(22)31)14-20-9-6-8-18(2)27(20,4)25(24)30/h5,7,9-10,13,18-19,22-25,30H,6,8,11-12,14-16H2,1-4H3/t18?,19?,22?,23-,24-,25?,27-/m1/s1. The van der Waals surface area contributed by atoms with E-state index in [2.05, 4.69) is 67.8 Å². The number of benzene rings is 1. The number of hydrogen-bond acceptors (Lipinski definition) is 5. The number of aliphatic hydroxyl groups is 1. The summed E-state index contributed by atoms with van der Waals surface area (Å²) in [6, 6.07) is 9.07. The monoisotopic (exact) mass is 438 g/mol. The number of rotatable bonds is 3. The van der Waals surface area contributed by atoms with Gasteiger partial charge in [-0.2, -0.15) is 0 Å². The lowest BCUT2D eigenvalue weighted by Gasteiger charge is -2.52. The summed E-state index contributed by atoms with van der Waals surface area (Å²) < 4.78 is 5.87. The summed E-state index contributed by atoms with van der Waals surface area (Å²) in [7, 11) is 0. The van der Waals surface area contributed by atoms with Gasteiger partial charge in [0.25, 0.3) is 0 Å². The molecule has 0 bridgehead atoms. The molecule has 7 atom stereocenters. The molecule has 4 aliphatic rings. The van der Waals surface area contributed by atoms with E-state index in [-0.39, 0.29) is 29.3 Å². The number of piperazine rings is 1.